The van der Waals surface area contributed by atoms with E-state index in [4.69, 9.17) is 11.6 Å². The molecule has 1 rings (SSSR count). The molecule has 11 heavy (non-hydrogen) atoms. The van der Waals surface area contributed by atoms with Crippen molar-refractivity contribution in [1.82, 2.24) is 0 Å². The van der Waals surface area contributed by atoms with Gasteiger partial charge in [0.05, 0.1) is 2.49 Å². The highest BCUT2D eigenvalue weighted by Gasteiger charge is 2.17. The first-order chi connectivity index (χ1) is 5.22. The van der Waals surface area contributed by atoms with E-state index in [1.807, 2.05) is 0 Å². The summed E-state index contributed by atoms with van der Waals surface area (Å²) in [5.41, 5.74) is 0. The molecular formula is C8H11BrClI. The van der Waals surface area contributed by atoms with Crippen LogP contribution in [0.4, 0.5) is 0 Å². The predicted molar refractivity (Wildman–Crippen MR) is 62.4 cm³/mol. The average Bonchev–Trinajstić information content (AvgIpc) is 2.05. The summed E-state index contributed by atoms with van der Waals surface area (Å²) < 4.78 is 1.09. The number of hydrogen-bond acceptors (Lipinski definition) is 0. The molecule has 1 aliphatic carbocycles. The molecule has 3 heteroatoms. The van der Waals surface area contributed by atoms with Gasteiger partial charge in [-0.3, -0.25) is 0 Å². The van der Waals surface area contributed by atoms with Gasteiger partial charge in [-0.15, -0.1) is 0 Å². The van der Waals surface area contributed by atoms with Crippen LogP contribution in [0.2, 0.25) is 0 Å². The topological polar surface area (TPSA) is 0 Å². The molecule has 0 nitrogen and oxygen atoms in total. The van der Waals surface area contributed by atoms with Gasteiger partial charge in [-0.25, -0.2) is 0 Å². The number of hydrogen-bond donors (Lipinski definition) is 0. The Morgan fingerprint density at radius 1 is 1.27 bits per heavy atom. The highest BCUT2D eigenvalue weighted by molar-refractivity contribution is 14.1. The molecule has 0 N–H and O–H groups in total. The highest BCUT2D eigenvalue weighted by Crippen LogP contribution is 2.36. The largest absolute Gasteiger partial charge is 0.0871 e. The quantitative estimate of drug-likeness (QED) is 0.596. The van der Waals surface area contributed by atoms with Crippen molar-refractivity contribution in [2.24, 2.45) is 5.92 Å². The molecule has 0 unspecified atom stereocenters. The first-order valence-electron chi connectivity index (χ1n) is 3.92. The fourth-order valence-corrected chi connectivity index (χ4v) is 2.49. The second kappa shape index (κ2) is 5.07. The molecule has 0 saturated heterocycles. The summed E-state index contributed by atoms with van der Waals surface area (Å²) in [5, 5.41) is 1.03. The summed E-state index contributed by atoms with van der Waals surface area (Å²) in [6, 6.07) is 0. The summed E-state index contributed by atoms with van der Waals surface area (Å²) in [6.07, 6.45) is 6.63. The van der Waals surface area contributed by atoms with Crippen LogP contribution in [0.3, 0.4) is 0 Å². The Hall–Kier alpha value is 1.24. The van der Waals surface area contributed by atoms with Crippen molar-refractivity contribution in [3.63, 3.8) is 0 Å². The average molecular weight is 349 g/mol. The van der Waals surface area contributed by atoms with Gasteiger partial charge in [0.25, 0.3) is 0 Å². The van der Waals surface area contributed by atoms with Gasteiger partial charge in [0.15, 0.2) is 0 Å². The zero-order chi connectivity index (χ0) is 8.27. The van der Waals surface area contributed by atoms with E-state index in [0.29, 0.717) is 5.92 Å². The molecule has 0 spiro atoms. The lowest BCUT2D eigenvalue weighted by Gasteiger charge is -2.20. The maximum absolute atomic E-state index is 6.12. The van der Waals surface area contributed by atoms with Crippen molar-refractivity contribution in [3.05, 3.63) is 7.52 Å². The van der Waals surface area contributed by atoms with Gasteiger partial charge in [-0.1, -0.05) is 30.9 Å². The Kier molecular flexibility index (Phi) is 4.76. The van der Waals surface area contributed by atoms with Crippen LogP contribution in [-0.4, -0.2) is 0 Å². The number of allylic oxidation sites excluding steroid dienone is 1. The Balaban J connectivity index is 2.52. The third-order valence-corrected chi connectivity index (χ3v) is 4.20. The normalized spacial score (nSPS) is 23.2. The first-order valence-corrected chi connectivity index (χ1v) is 6.17. The highest BCUT2D eigenvalue weighted by atomic mass is 127. The standard InChI is InChI=1S/C8H11BrClI/c9-8(11)7(10)6-4-2-1-3-5-6/h6H,1-5H2/b8-7+. The van der Waals surface area contributed by atoms with E-state index in [1.165, 1.54) is 32.1 Å². The van der Waals surface area contributed by atoms with Gasteiger partial charge in [-0.05, 0) is 57.3 Å². The summed E-state index contributed by atoms with van der Waals surface area (Å²) in [6.45, 7) is 0. The maximum Gasteiger partial charge on any atom is 0.0706 e. The lowest BCUT2D eigenvalue weighted by atomic mass is 9.89. The van der Waals surface area contributed by atoms with Crippen molar-refractivity contribution in [2.45, 2.75) is 32.1 Å². The molecule has 0 aromatic heterocycles. The van der Waals surface area contributed by atoms with Crippen LogP contribution in [0.5, 0.6) is 0 Å². The molecule has 1 aliphatic rings. The van der Waals surface area contributed by atoms with Crippen LogP contribution in [0.1, 0.15) is 32.1 Å². The molecule has 0 aliphatic heterocycles. The van der Waals surface area contributed by atoms with Crippen molar-refractivity contribution in [3.8, 4) is 0 Å². The third-order valence-electron chi connectivity index (χ3n) is 2.14. The molecule has 0 amide bonds. The minimum absolute atomic E-state index is 0.636. The van der Waals surface area contributed by atoms with Crippen LogP contribution < -0.4 is 0 Å². The zero-order valence-electron chi connectivity index (χ0n) is 6.25. The van der Waals surface area contributed by atoms with E-state index >= 15 is 0 Å². The van der Waals surface area contributed by atoms with Crippen LogP contribution >= 0.6 is 50.1 Å². The maximum atomic E-state index is 6.12. The molecule has 0 atom stereocenters. The van der Waals surface area contributed by atoms with Crippen LogP contribution in [0.25, 0.3) is 0 Å². The van der Waals surface area contributed by atoms with E-state index < -0.39 is 0 Å². The van der Waals surface area contributed by atoms with E-state index in [0.717, 1.165) is 7.52 Å². The van der Waals surface area contributed by atoms with E-state index in [-0.39, 0.29) is 0 Å². The fourth-order valence-electron chi connectivity index (χ4n) is 1.51. The van der Waals surface area contributed by atoms with Gasteiger partial charge < -0.3 is 0 Å². The summed E-state index contributed by atoms with van der Waals surface area (Å²) in [4.78, 5) is 0. The van der Waals surface area contributed by atoms with E-state index in [2.05, 4.69) is 38.5 Å². The van der Waals surface area contributed by atoms with Crippen molar-refractivity contribution < 1.29 is 0 Å². The lowest BCUT2D eigenvalue weighted by molar-refractivity contribution is 0.414. The monoisotopic (exact) mass is 348 g/mol. The van der Waals surface area contributed by atoms with E-state index in [1.54, 1.807) is 0 Å². The smallest absolute Gasteiger partial charge is 0.0706 e. The Morgan fingerprint density at radius 3 is 2.27 bits per heavy atom. The van der Waals surface area contributed by atoms with Gasteiger partial charge in [0, 0.05) is 5.03 Å². The van der Waals surface area contributed by atoms with Crippen LogP contribution in [-0.2, 0) is 0 Å². The Labute approximate surface area is 95.0 Å². The lowest BCUT2D eigenvalue weighted by Crippen LogP contribution is -2.06. The zero-order valence-corrected chi connectivity index (χ0v) is 10.7. The number of halogens is 3. The van der Waals surface area contributed by atoms with Crippen LogP contribution in [0, 0.1) is 5.92 Å². The molecule has 1 saturated carbocycles. The van der Waals surface area contributed by atoms with Gasteiger partial charge in [0.1, 0.15) is 0 Å². The Bertz CT molecular complexity index is 157. The summed E-state index contributed by atoms with van der Waals surface area (Å²) >= 11 is 11.8. The minimum atomic E-state index is 0.636. The van der Waals surface area contributed by atoms with Crippen LogP contribution in [0.15, 0.2) is 7.52 Å². The third kappa shape index (κ3) is 3.23. The molecule has 0 radical (unpaired) electrons. The van der Waals surface area contributed by atoms with Crippen molar-refractivity contribution in [1.29, 1.82) is 0 Å². The SMILES string of the molecule is Cl/C(=C(\Br)I)C1CCCCC1. The second-order valence-electron chi connectivity index (χ2n) is 2.94. The van der Waals surface area contributed by atoms with E-state index in [9.17, 15) is 0 Å². The molecule has 0 aromatic rings. The minimum Gasteiger partial charge on any atom is -0.0871 e. The van der Waals surface area contributed by atoms with Gasteiger partial charge >= 0.3 is 0 Å². The molecule has 0 bridgehead atoms. The summed E-state index contributed by atoms with van der Waals surface area (Å²) in [5.74, 6) is 0.636. The van der Waals surface area contributed by atoms with Crippen molar-refractivity contribution >= 4 is 50.1 Å². The Morgan fingerprint density at radius 2 is 1.82 bits per heavy atom. The molecule has 64 valence electrons. The molecule has 1 fully saturated rings. The fraction of sp³-hybridized carbons (Fsp3) is 0.750. The second-order valence-corrected chi connectivity index (χ2v) is 6.70. The number of rotatable bonds is 1. The molecule has 0 heterocycles. The first kappa shape index (κ1) is 10.3. The molecular weight excluding hydrogens is 338 g/mol. The molecule has 0 aromatic carbocycles. The summed E-state index contributed by atoms with van der Waals surface area (Å²) in [7, 11) is 0. The van der Waals surface area contributed by atoms with Crippen molar-refractivity contribution in [2.75, 3.05) is 0 Å². The van der Waals surface area contributed by atoms with Gasteiger partial charge in [0.2, 0.25) is 0 Å². The predicted octanol–water partition coefficient (Wildman–Crippen LogP) is 4.80. The van der Waals surface area contributed by atoms with Gasteiger partial charge in [-0.2, -0.15) is 0 Å².